The Bertz CT molecular complexity index is 313. The maximum atomic E-state index is 3.77. The van der Waals surface area contributed by atoms with Crippen molar-refractivity contribution in [1.29, 1.82) is 0 Å². The van der Waals surface area contributed by atoms with Crippen LogP contribution in [0.1, 0.15) is 6.42 Å². The van der Waals surface area contributed by atoms with E-state index in [0.717, 1.165) is 9.81 Å². The minimum Gasteiger partial charge on any atom is -0.0988 e. The van der Waals surface area contributed by atoms with Crippen LogP contribution in [0.15, 0.2) is 57.6 Å². The molecule has 0 aromatic carbocycles. The van der Waals surface area contributed by atoms with Gasteiger partial charge < -0.3 is 0 Å². The lowest BCUT2D eigenvalue weighted by molar-refractivity contribution is 1.22. The number of hydrogen-bond acceptors (Lipinski definition) is 0. The Balaban J connectivity index is 2.85. The molecule has 0 aromatic rings. The van der Waals surface area contributed by atoms with E-state index < -0.39 is 0 Å². The van der Waals surface area contributed by atoms with Crippen LogP contribution in [0.4, 0.5) is 0 Å². The SMILES string of the molecule is C=CC1=CC=CC=C(C=C(Br)Br)C1. The van der Waals surface area contributed by atoms with E-state index in [4.69, 9.17) is 0 Å². The molecule has 0 spiro atoms. The molecule has 0 atom stereocenters. The van der Waals surface area contributed by atoms with E-state index in [-0.39, 0.29) is 0 Å². The lowest BCUT2D eigenvalue weighted by atomic mass is 10.1. The van der Waals surface area contributed by atoms with Crippen LogP contribution >= 0.6 is 31.9 Å². The zero-order chi connectivity index (χ0) is 9.68. The summed E-state index contributed by atoms with van der Waals surface area (Å²) in [5.41, 5.74) is 2.49. The van der Waals surface area contributed by atoms with Crippen LogP contribution in [0, 0.1) is 0 Å². The Morgan fingerprint density at radius 1 is 1.23 bits per heavy atom. The Morgan fingerprint density at radius 3 is 2.38 bits per heavy atom. The summed E-state index contributed by atoms with van der Waals surface area (Å²) in [6.45, 7) is 3.77. The summed E-state index contributed by atoms with van der Waals surface area (Å²) in [6.07, 6.45) is 13.1. The number of hydrogen-bond donors (Lipinski definition) is 0. The normalized spacial score (nSPS) is 15.5. The first-order valence-electron chi connectivity index (χ1n) is 3.94. The van der Waals surface area contributed by atoms with Crippen molar-refractivity contribution in [2.24, 2.45) is 0 Å². The van der Waals surface area contributed by atoms with E-state index in [1.54, 1.807) is 0 Å². The zero-order valence-electron chi connectivity index (χ0n) is 7.13. The summed E-state index contributed by atoms with van der Waals surface area (Å²) in [6, 6.07) is 0. The third kappa shape index (κ3) is 3.92. The molecule has 0 aliphatic heterocycles. The lowest BCUT2D eigenvalue weighted by Gasteiger charge is -2.00. The highest BCUT2D eigenvalue weighted by Crippen LogP contribution is 2.22. The molecule has 1 aliphatic rings. The minimum atomic E-state index is 0.928. The quantitative estimate of drug-likeness (QED) is 0.698. The monoisotopic (exact) mass is 300 g/mol. The molecule has 0 saturated carbocycles. The van der Waals surface area contributed by atoms with Crippen LogP contribution in [0.3, 0.4) is 0 Å². The Kier molecular flexibility index (Phi) is 4.46. The average molecular weight is 302 g/mol. The number of halogens is 2. The van der Waals surface area contributed by atoms with Crippen LogP contribution < -0.4 is 0 Å². The van der Waals surface area contributed by atoms with Crippen molar-refractivity contribution in [2.75, 3.05) is 0 Å². The molecule has 68 valence electrons. The molecule has 0 nitrogen and oxygen atoms in total. The van der Waals surface area contributed by atoms with Crippen LogP contribution in [-0.4, -0.2) is 0 Å². The van der Waals surface area contributed by atoms with Crippen molar-refractivity contribution in [3.8, 4) is 0 Å². The molecular weight excluding hydrogens is 292 g/mol. The highest BCUT2D eigenvalue weighted by molar-refractivity contribution is 9.28. The summed E-state index contributed by atoms with van der Waals surface area (Å²) in [4.78, 5) is 0. The number of rotatable bonds is 2. The van der Waals surface area contributed by atoms with E-state index in [1.807, 2.05) is 24.3 Å². The summed E-state index contributed by atoms with van der Waals surface area (Å²) in [5, 5.41) is 0. The predicted octanol–water partition coefficient (Wildman–Crippen LogP) is 4.62. The fourth-order valence-electron chi connectivity index (χ4n) is 1.09. The molecule has 1 aliphatic carbocycles. The van der Waals surface area contributed by atoms with E-state index in [9.17, 15) is 0 Å². The second kappa shape index (κ2) is 5.40. The van der Waals surface area contributed by atoms with Gasteiger partial charge in [-0.3, -0.25) is 0 Å². The standard InChI is InChI=1S/C11H10Br2/c1-2-9-5-3-4-6-10(7-9)8-11(12)13/h2-6,8H,1,7H2. The van der Waals surface area contributed by atoms with Crippen LogP contribution in [0.25, 0.3) is 0 Å². The van der Waals surface area contributed by atoms with Gasteiger partial charge in [0, 0.05) is 0 Å². The van der Waals surface area contributed by atoms with Crippen molar-refractivity contribution in [1.82, 2.24) is 0 Å². The van der Waals surface area contributed by atoms with Gasteiger partial charge in [0.25, 0.3) is 0 Å². The third-order valence-electron chi connectivity index (χ3n) is 1.70. The van der Waals surface area contributed by atoms with Crippen molar-refractivity contribution in [2.45, 2.75) is 6.42 Å². The molecule has 0 saturated heterocycles. The largest absolute Gasteiger partial charge is 0.0988 e. The third-order valence-corrected chi connectivity index (χ3v) is 2.15. The smallest absolute Gasteiger partial charge is 0.0606 e. The Labute approximate surface area is 95.7 Å². The molecule has 0 heterocycles. The molecule has 13 heavy (non-hydrogen) atoms. The highest BCUT2D eigenvalue weighted by atomic mass is 79.9. The molecule has 0 amide bonds. The molecule has 0 aromatic heterocycles. The molecule has 1 rings (SSSR count). The van der Waals surface area contributed by atoms with Gasteiger partial charge >= 0.3 is 0 Å². The first kappa shape index (κ1) is 10.7. The molecule has 0 radical (unpaired) electrons. The van der Waals surface area contributed by atoms with Gasteiger partial charge in [-0.2, -0.15) is 0 Å². The molecule has 0 N–H and O–H groups in total. The van der Waals surface area contributed by atoms with E-state index >= 15 is 0 Å². The summed E-state index contributed by atoms with van der Waals surface area (Å²) < 4.78 is 0.963. The van der Waals surface area contributed by atoms with Crippen LogP contribution in [0.2, 0.25) is 0 Å². The maximum Gasteiger partial charge on any atom is 0.0606 e. The van der Waals surface area contributed by atoms with Gasteiger partial charge in [-0.15, -0.1) is 0 Å². The van der Waals surface area contributed by atoms with Gasteiger partial charge in [0.1, 0.15) is 0 Å². The van der Waals surface area contributed by atoms with Gasteiger partial charge in [0.2, 0.25) is 0 Å². The molecule has 0 bridgehead atoms. The Morgan fingerprint density at radius 2 is 1.85 bits per heavy atom. The molecule has 2 heteroatoms. The molecule has 0 fully saturated rings. The first-order valence-corrected chi connectivity index (χ1v) is 5.52. The summed E-state index contributed by atoms with van der Waals surface area (Å²) >= 11 is 6.69. The highest BCUT2D eigenvalue weighted by Gasteiger charge is 1.98. The minimum absolute atomic E-state index is 0.928. The second-order valence-corrected chi connectivity index (χ2v) is 5.46. The first-order chi connectivity index (χ1) is 6.22. The lowest BCUT2D eigenvalue weighted by Crippen LogP contribution is -1.80. The fraction of sp³-hybridized carbons (Fsp3) is 0.0909. The average Bonchev–Trinajstić information content (AvgIpc) is 2.28. The zero-order valence-corrected chi connectivity index (χ0v) is 10.3. The van der Waals surface area contributed by atoms with Crippen LogP contribution in [0.5, 0.6) is 0 Å². The van der Waals surface area contributed by atoms with Gasteiger partial charge in [0.15, 0.2) is 0 Å². The van der Waals surface area contributed by atoms with E-state index in [1.165, 1.54) is 11.1 Å². The summed E-state index contributed by atoms with van der Waals surface area (Å²) in [5.74, 6) is 0. The summed E-state index contributed by atoms with van der Waals surface area (Å²) in [7, 11) is 0. The second-order valence-electron chi connectivity index (χ2n) is 2.68. The molecule has 0 unspecified atom stereocenters. The Hall–Kier alpha value is -0.340. The topological polar surface area (TPSA) is 0 Å². The van der Waals surface area contributed by atoms with E-state index in [0.29, 0.717) is 0 Å². The predicted molar refractivity (Wildman–Crippen MR) is 66.1 cm³/mol. The molecular formula is C11H10Br2. The van der Waals surface area contributed by atoms with Crippen molar-refractivity contribution >= 4 is 31.9 Å². The van der Waals surface area contributed by atoms with Crippen molar-refractivity contribution in [3.63, 3.8) is 0 Å². The number of allylic oxidation sites excluding steroid dienone is 8. The van der Waals surface area contributed by atoms with Crippen molar-refractivity contribution in [3.05, 3.63) is 57.6 Å². The van der Waals surface area contributed by atoms with Gasteiger partial charge in [-0.05, 0) is 55.5 Å². The fourth-order valence-corrected chi connectivity index (χ4v) is 1.68. The van der Waals surface area contributed by atoms with Gasteiger partial charge in [-0.25, -0.2) is 0 Å². The van der Waals surface area contributed by atoms with Crippen molar-refractivity contribution < 1.29 is 0 Å². The van der Waals surface area contributed by atoms with Gasteiger partial charge in [0.05, 0.1) is 3.39 Å². The van der Waals surface area contributed by atoms with Crippen LogP contribution in [-0.2, 0) is 0 Å². The maximum absolute atomic E-state index is 3.77. The van der Waals surface area contributed by atoms with Gasteiger partial charge in [-0.1, -0.05) is 37.0 Å². The van der Waals surface area contributed by atoms with E-state index in [2.05, 4.69) is 50.6 Å².